The van der Waals surface area contributed by atoms with Gasteiger partial charge in [-0.15, -0.1) is 0 Å². The van der Waals surface area contributed by atoms with Gasteiger partial charge in [0, 0.05) is 23.1 Å². The lowest BCUT2D eigenvalue weighted by Crippen LogP contribution is -2.35. The number of hydrogen-bond acceptors (Lipinski definition) is 9. The number of carboxylic acids is 1. The summed E-state index contributed by atoms with van der Waals surface area (Å²) in [5, 5.41) is 11.8. The molecule has 0 radical (unpaired) electrons. The van der Waals surface area contributed by atoms with Crippen LogP contribution in [0.4, 0.5) is 0 Å². The first-order valence-electron chi connectivity index (χ1n) is 10.9. The highest BCUT2D eigenvalue weighted by molar-refractivity contribution is 6.31. The molecule has 3 rings (SSSR count). The SMILES string of the molecule is CCOC(=O)C1=C(COCN)NC(C)=C(C(=O)OC)[C@H]1c1ccccc1Cl.O=C(O)c1cccnc1. The predicted octanol–water partition coefficient (Wildman–Crippen LogP) is 3.00. The summed E-state index contributed by atoms with van der Waals surface area (Å²) < 4.78 is 15.5. The quantitative estimate of drug-likeness (QED) is 0.352. The number of nitrogens with one attached hydrogen (secondary N) is 1. The van der Waals surface area contributed by atoms with Crippen LogP contribution >= 0.6 is 11.6 Å². The monoisotopic (exact) mass is 517 g/mol. The summed E-state index contributed by atoms with van der Waals surface area (Å²) in [7, 11) is 1.28. The zero-order chi connectivity index (χ0) is 26.7. The maximum Gasteiger partial charge on any atom is 0.337 e. The molecule has 10 nitrogen and oxygen atoms in total. The second-order valence-electron chi connectivity index (χ2n) is 7.28. The van der Waals surface area contributed by atoms with Crippen molar-refractivity contribution in [2.75, 3.05) is 27.1 Å². The number of esters is 2. The fourth-order valence-corrected chi connectivity index (χ4v) is 3.76. The van der Waals surface area contributed by atoms with Crippen LogP contribution in [0.3, 0.4) is 0 Å². The number of nitrogens with zero attached hydrogens (tertiary/aromatic N) is 1. The molecule has 1 aliphatic heterocycles. The molecule has 192 valence electrons. The lowest BCUT2D eigenvalue weighted by atomic mass is 9.80. The standard InChI is InChI=1S/C19H23ClN2O5.C6H5NO2/c1-4-27-19(24)17-14(9-26-10-21)22-11(2)15(18(23)25-3)16(17)12-7-5-6-8-13(12)20;8-6(9)5-2-1-3-7-4-5/h5-8,16,22H,4,9-10,21H2,1-3H3;1-4H,(H,8,9)/t16-;/m1./s1. The minimum atomic E-state index is -0.942. The Bertz CT molecular complexity index is 1150. The molecule has 0 saturated carbocycles. The van der Waals surface area contributed by atoms with Crippen LogP contribution in [0.1, 0.15) is 35.7 Å². The highest BCUT2D eigenvalue weighted by atomic mass is 35.5. The van der Waals surface area contributed by atoms with E-state index in [4.69, 9.17) is 36.7 Å². The van der Waals surface area contributed by atoms with Crippen molar-refractivity contribution in [2.24, 2.45) is 5.73 Å². The summed E-state index contributed by atoms with van der Waals surface area (Å²) in [6, 6.07) is 10.1. The van der Waals surface area contributed by atoms with Crippen LogP contribution in [-0.2, 0) is 23.8 Å². The van der Waals surface area contributed by atoms with Crippen molar-refractivity contribution >= 4 is 29.5 Å². The van der Waals surface area contributed by atoms with Crippen LogP contribution in [0.5, 0.6) is 0 Å². The molecular formula is C25H28ClN3O7. The Hall–Kier alpha value is -3.73. The number of nitrogens with two attached hydrogens (primary N) is 1. The Morgan fingerprint density at radius 3 is 2.39 bits per heavy atom. The van der Waals surface area contributed by atoms with Crippen LogP contribution in [0.15, 0.2) is 71.3 Å². The lowest BCUT2D eigenvalue weighted by molar-refractivity contribution is -0.139. The number of hydrogen-bond donors (Lipinski definition) is 3. The van der Waals surface area contributed by atoms with Crippen LogP contribution in [0.25, 0.3) is 0 Å². The van der Waals surface area contributed by atoms with Gasteiger partial charge in [-0.3, -0.25) is 4.98 Å². The molecular weight excluding hydrogens is 490 g/mol. The van der Waals surface area contributed by atoms with Gasteiger partial charge in [0.25, 0.3) is 0 Å². The summed E-state index contributed by atoms with van der Waals surface area (Å²) in [6.45, 7) is 3.64. The molecule has 1 aromatic carbocycles. The van der Waals surface area contributed by atoms with E-state index in [1.54, 1.807) is 44.2 Å². The maximum atomic E-state index is 12.8. The van der Waals surface area contributed by atoms with Crippen molar-refractivity contribution < 1.29 is 33.7 Å². The second kappa shape index (κ2) is 14.0. The van der Waals surface area contributed by atoms with E-state index in [1.807, 2.05) is 0 Å². The van der Waals surface area contributed by atoms with Gasteiger partial charge in [-0.05, 0) is 37.6 Å². The molecule has 0 unspecified atom stereocenters. The van der Waals surface area contributed by atoms with E-state index in [2.05, 4.69) is 10.3 Å². The first-order valence-corrected chi connectivity index (χ1v) is 11.3. The molecule has 0 saturated heterocycles. The van der Waals surface area contributed by atoms with E-state index in [-0.39, 0.29) is 36.7 Å². The number of pyridine rings is 1. The smallest absolute Gasteiger partial charge is 0.337 e. The summed E-state index contributed by atoms with van der Waals surface area (Å²) in [5.74, 6) is -2.84. The van der Waals surface area contributed by atoms with Crippen molar-refractivity contribution in [3.8, 4) is 0 Å². The summed E-state index contributed by atoms with van der Waals surface area (Å²) in [6.07, 6.45) is 2.84. The van der Waals surface area contributed by atoms with Gasteiger partial charge in [-0.1, -0.05) is 29.8 Å². The average Bonchev–Trinajstić information content (AvgIpc) is 2.87. The Balaban J connectivity index is 0.000000425. The Morgan fingerprint density at radius 1 is 1.14 bits per heavy atom. The number of ether oxygens (including phenoxy) is 3. The third kappa shape index (κ3) is 7.14. The maximum absolute atomic E-state index is 12.8. The molecule has 1 aromatic heterocycles. The van der Waals surface area contributed by atoms with E-state index in [0.717, 1.165) is 0 Å². The number of benzene rings is 1. The van der Waals surface area contributed by atoms with E-state index < -0.39 is 23.8 Å². The van der Waals surface area contributed by atoms with Gasteiger partial charge in [-0.25, -0.2) is 14.4 Å². The molecule has 2 aromatic rings. The van der Waals surface area contributed by atoms with Crippen molar-refractivity contribution in [2.45, 2.75) is 19.8 Å². The molecule has 11 heteroatoms. The third-order valence-corrected chi connectivity index (χ3v) is 5.38. The van der Waals surface area contributed by atoms with Gasteiger partial charge in [0.1, 0.15) is 0 Å². The molecule has 0 amide bonds. The van der Waals surface area contributed by atoms with Crippen LogP contribution in [-0.4, -0.2) is 55.1 Å². The van der Waals surface area contributed by atoms with Gasteiger partial charge >= 0.3 is 17.9 Å². The largest absolute Gasteiger partial charge is 0.478 e. The number of dihydropyridines is 1. The van der Waals surface area contributed by atoms with Gasteiger partial charge in [0.05, 0.1) is 55.4 Å². The summed E-state index contributed by atoms with van der Waals surface area (Å²) in [4.78, 5) is 39.1. The zero-order valence-corrected chi connectivity index (χ0v) is 20.9. The molecule has 36 heavy (non-hydrogen) atoms. The van der Waals surface area contributed by atoms with Gasteiger partial charge in [0.2, 0.25) is 0 Å². The fraction of sp³-hybridized carbons (Fsp3) is 0.280. The van der Waals surface area contributed by atoms with Crippen molar-refractivity contribution in [1.82, 2.24) is 10.3 Å². The van der Waals surface area contributed by atoms with Crippen LogP contribution < -0.4 is 11.1 Å². The van der Waals surface area contributed by atoms with Crippen molar-refractivity contribution in [3.05, 3.63) is 87.5 Å². The van der Waals surface area contributed by atoms with E-state index in [9.17, 15) is 14.4 Å². The van der Waals surface area contributed by atoms with Crippen molar-refractivity contribution in [3.63, 3.8) is 0 Å². The predicted molar refractivity (Wildman–Crippen MR) is 132 cm³/mol. The molecule has 2 heterocycles. The number of rotatable bonds is 8. The number of carboxylic acid groups (broad SMARTS) is 1. The number of aromatic carboxylic acids is 1. The Morgan fingerprint density at radius 2 is 1.86 bits per heavy atom. The number of methoxy groups -OCH3 is 1. The lowest BCUT2D eigenvalue weighted by Gasteiger charge is -2.31. The molecule has 1 atom stereocenters. The van der Waals surface area contributed by atoms with Crippen LogP contribution in [0.2, 0.25) is 5.02 Å². The third-order valence-electron chi connectivity index (χ3n) is 5.03. The van der Waals surface area contributed by atoms with E-state index in [0.29, 0.717) is 22.0 Å². The first-order chi connectivity index (χ1) is 17.3. The molecule has 0 fully saturated rings. The highest BCUT2D eigenvalue weighted by Gasteiger charge is 2.39. The number of aromatic nitrogens is 1. The average molecular weight is 518 g/mol. The molecule has 4 N–H and O–H groups in total. The molecule has 0 spiro atoms. The van der Waals surface area contributed by atoms with Gasteiger partial charge in [0.15, 0.2) is 0 Å². The second-order valence-corrected chi connectivity index (χ2v) is 7.69. The Kier molecular flexibility index (Phi) is 11.1. The van der Waals surface area contributed by atoms with Crippen molar-refractivity contribution in [1.29, 1.82) is 0 Å². The summed E-state index contributed by atoms with van der Waals surface area (Å²) >= 11 is 6.40. The number of carbonyl (C=O) groups excluding carboxylic acids is 2. The Labute approximate surface area is 213 Å². The van der Waals surface area contributed by atoms with Gasteiger partial charge in [-0.2, -0.15) is 0 Å². The normalized spacial score (nSPS) is 14.9. The zero-order valence-electron chi connectivity index (χ0n) is 20.1. The topological polar surface area (TPSA) is 150 Å². The summed E-state index contributed by atoms with van der Waals surface area (Å²) in [5.41, 5.74) is 7.77. The van der Waals surface area contributed by atoms with Crippen LogP contribution in [0, 0.1) is 0 Å². The molecule has 1 aliphatic rings. The van der Waals surface area contributed by atoms with Gasteiger partial charge < -0.3 is 30.4 Å². The van der Waals surface area contributed by atoms with E-state index >= 15 is 0 Å². The van der Waals surface area contributed by atoms with E-state index in [1.165, 1.54) is 25.6 Å². The molecule has 0 bridgehead atoms. The first kappa shape index (κ1) is 28.5. The minimum Gasteiger partial charge on any atom is -0.478 e. The number of allylic oxidation sites excluding steroid dienone is 1. The molecule has 0 aliphatic carbocycles. The number of carbonyl (C=O) groups is 3. The fourth-order valence-electron chi connectivity index (χ4n) is 3.51. The highest BCUT2D eigenvalue weighted by Crippen LogP contribution is 2.41. The number of halogens is 1. The minimum absolute atomic E-state index is 0.0231.